The number of hydrogen-bond acceptors (Lipinski definition) is 5. The highest BCUT2D eigenvalue weighted by Crippen LogP contribution is 2.11. The second-order valence-electron chi connectivity index (χ2n) is 4.29. The lowest BCUT2D eigenvalue weighted by molar-refractivity contribution is -0.144. The Labute approximate surface area is 105 Å². The van der Waals surface area contributed by atoms with Gasteiger partial charge in [-0.05, 0) is 5.92 Å². The lowest BCUT2D eigenvalue weighted by atomic mass is 10.0. The van der Waals surface area contributed by atoms with Crippen LogP contribution in [0.3, 0.4) is 0 Å². The molecule has 1 aromatic heterocycles. The molecule has 1 rings (SSSR count). The van der Waals surface area contributed by atoms with Gasteiger partial charge in [0.25, 0.3) is 5.91 Å². The van der Waals surface area contributed by atoms with Crippen LogP contribution in [0.25, 0.3) is 0 Å². The summed E-state index contributed by atoms with van der Waals surface area (Å²) in [5.41, 5.74) is 5.93. The lowest BCUT2D eigenvalue weighted by Crippen LogP contribution is -2.45. The zero-order valence-corrected chi connectivity index (χ0v) is 10.9. The predicted octanol–water partition coefficient (Wildman–Crippen LogP) is -0.0703. The minimum absolute atomic E-state index is 0.0840. The molecule has 100 valence electrons. The molecular weight excluding hydrogens is 236 g/mol. The number of aromatic nitrogens is 2. The van der Waals surface area contributed by atoms with Crippen LogP contribution in [0.5, 0.6) is 0 Å². The molecule has 0 radical (unpaired) electrons. The van der Waals surface area contributed by atoms with Crippen LogP contribution < -0.4 is 11.1 Å². The van der Waals surface area contributed by atoms with Gasteiger partial charge in [-0.15, -0.1) is 0 Å². The highest BCUT2D eigenvalue weighted by atomic mass is 16.5. The smallest absolute Gasteiger partial charge is 0.328 e. The zero-order chi connectivity index (χ0) is 13.9. The zero-order valence-electron chi connectivity index (χ0n) is 10.9. The predicted molar refractivity (Wildman–Crippen MR) is 65.7 cm³/mol. The molecule has 1 unspecified atom stereocenters. The van der Waals surface area contributed by atoms with Crippen molar-refractivity contribution in [2.45, 2.75) is 19.9 Å². The number of anilines is 1. The molecule has 0 aromatic carbocycles. The Morgan fingerprint density at radius 2 is 2.11 bits per heavy atom. The van der Waals surface area contributed by atoms with E-state index < -0.39 is 17.9 Å². The summed E-state index contributed by atoms with van der Waals surface area (Å²) >= 11 is 0. The summed E-state index contributed by atoms with van der Waals surface area (Å²) in [5.74, 6) is -0.760. The van der Waals surface area contributed by atoms with Gasteiger partial charge in [0.05, 0.1) is 13.3 Å². The molecular formula is C11H18N4O3. The number of carbonyl (C=O) groups excluding carboxylic acids is 2. The normalized spacial score (nSPS) is 12.3. The van der Waals surface area contributed by atoms with Crippen molar-refractivity contribution in [3.05, 3.63) is 11.8 Å². The van der Waals surface area contributed by atoms with Crippen molar-refractivity contribution >= 4 is 17.7 Å². The Balaban J connectivity index is 2.85. The first-order valence-corrected chi connectivity index (χ1v) is 5.54. The summed E-state index contributed by atoms with van der Waals surface area (Å²) in [7, 11) is 2.91. The van der Waals surface area contributed by atoms with E-state index in [0.29, 0.717) is 0 Å². The Kier molecular flexibility index (Phi) is 4.30. The van der Waals surface area contributed by atoms with Crippen molar-refractivity contribution < 1.29 is 14.3 Å². The molecule has 0 saturated heterocycles. The van der Waals surface area contributed by atoms with Crippen LogP contribution in [0.1, 0.15) is 24.2 Å². The summed E-state index contributed by atoms with van der Waals surface area (Å²) in [6.07, 6.45) is 1.36. The minimum Gasteiger partial charge on any atom is -0.467 e. The molecule has 7 nitrogen and oxygen atoms in total. The Hall–Kier alpha value is -2.05. The molecule has 3 N–H and O–H groups in total. The van der Waals surface area contributed by atoms with Crippen molar-refractivity contribution in [1.29, 1.82) is 0 Å². The number of esters is 1. The largest absolute Gasteiger partial charge is 0.467 e. The number of nitrogens with zero attached hydrogens (tertiary/aromatic N) is 2. The van der Waals surface area contributed by atoms with E-state index in [1.807, 2.05) is 13.8 Å². The van der Waals surface area contributed by atoms with Crippen LogP contribution >= 0.6 is 0 Å². The number of methoxy groups -OCH3 is 1. The van der Waals surface area contributed by atoms with Gasteiger partial charge in [-0.25, -0.2) is 4.79 Å². The number of nitrogens with two attached hydrogens (primary N) is 1. The van der Waals surface area contributed by atoms with Crippen LogP contribution in [-0.2, 0) is 16.6 Å². The number of carbonyl (C=O) groups is 2. The molecule has 18 heavy (non-hydrogen) atoms. The van der Waals surface area contributed by atoms with Gasteiger partial charge >= 0.3 is 5.97 Å². The number of hydrogen-bond donors (Lipinski definition) is 2. The third-order valence-electron chi connectivity index (χ3n) is 2.64. The fraction of sp³-hybridized carbons (Fsp3) is 0.545. The molecule has 0 aliphatic heterocycles. The van der Waals surface area contributed by atoms with Crippen LogP contribution in [0.2, 0.25) is 0 Å². The van der Waals surface area contributed by atoms with Gasteiger partial charge in [0.15, 0.2) is 0 Å². The number of amides is 1. The number of nitrogens with one attached hydrogen (secondary N) is 1. The number of rotatable bonds is 4. The van der Waals surface area contributed by atoms with Gasteiger partial charge in [-0.2, -0.15) is 5.10 Å². The standard InChI is InChI=1S/C11H18N4O3/c1-6(2)8(11(17)18-4)14-10(16)7-5-13-15(3)9(7)12/h5-6,8H,12H2,1-4H3,(H,14,16). The van der Waals surface area contributed by atoms with Gasteiger partial charge < -0.3 is 15.8 Å². The van der Waals surface area contributed by atoms with E-state index in [4.69, 9.17) is 5.73 Å². The van der Waals surface area contributed by atoms with Gasteiger partial charge in [0.2, 0.25) is 0 Å². The summed E-state index contributed by atoms with van der Waals surface area (Å²) in [5, 5.41) is 6.46. The van der Waals surface area contributed by atoms with Gasteiger partial charge in [-0.1, -0.05) is 13.8 Å². The van der Waals surface area contributed by atoms with Crippen LogP contribution in [0.4, 0.5) is 5.82 Å². The topological polar surface area (TPSA) is 99.2 Å². The first-order valence-electron chi connectivity index (χ1n) is 5.54. The van der Waals surface area contributed by atoms with Gasteiger partial charge in [0, 0.05) is 7.05 Å². The molecule has 0 bridgehead atoms. The molecule has 0 aliphatic carbocycles. The molecule has 1 atom stereocenters. The van der Waals surface area contributed by atoms with E-state index in [-0.39, 0.29) is 17.3 Å². The monoisotopic (exact) mass is 254 g/mol. The van der Waals surface area contributed by atoms with E-state index in [1.54, 1.807) is 7.05 Å². The maximum absolute atomic E-state index is 12.0. The average molecular weight is 254 g/mol. The maximum Gasteiger partial charge on any atom is 0.328 e. The Morgan fingerprint density at radius 1 is 1.50 bits per heavy atom. The highest BCUT2D eigenvalue weighted by Gasteiger charge is 2.26. The van der Waals surface area contributed by atoms with E-state index in [1.165, 1.54) is 18.0 Å². The van der Waals surface area contributed by atoms with Crippen molar-refractivity contribution in [3.8, 4) is 0 Å². The van der Waals surface area contributed by atoms with Gasteiger partial charge in [0.1, 0.15) is 17.4 Å². The molecule has 0 fully saturated rings. The van der Waals surface area contributed by atoms with Crippen molar-refractivity contribution in [3.63, 3.8) is 0 Å². The van der Waals surface area contributed by atoms with Gasteiger partial charge in [-0.3, -0.25) is 9.48 Å². The first kappa shape index (κ1) is 14.0. The maximum atomic E-state index is 12.0. The molecule has 1 aromatic rings. The lowest BCUT2D eigenvalue weighted by Gasteiger charge is -2.19. The first-order chi connectivity index (χ1) is 8.38. The number of ether oxygens (including phenoxy) is 1. The molecule has 7 heteroatoms. The third kappa shape index (κ3) is 2.79. The molecule has 0 spiro atoms. The second-order valence-corrected chi connectivity index (χ2v) is 4.29. The average Bonchev–Trinajstić information content (AvgIpc) is 2.65. The van der Waals surface area contributed by atoms with Crippen molar-refractivity contribution in [2.75, 3.05) is 12.8 Å². The van der Waals surface area contributed by atoms with E-state index in [0.717, 1.165) is 0 Å². The molecule has 1 heterocycles. The van der Waals surface area contributed by atoms with Crippen LogP contribution in [0, 0.1) is 5.92 Å². The molecule has 0 saturated carbocycles. The van der Waals surface area contributed by atoms with Crippen LogP contribution in [0.15, 0.2) is 6.20 Å². The SMILES string of the molecule is COC(=O)C(NC(=O)c1cnn(C)c1N)C(C)C. The van der Waals surface area contributed by atoms with Crippen molar-refractivity contribution in [2.24, 2.45) is 13.0 Å². The summed E-state index contributed by atoms with van der Waals surface area (Å²) in [6.45, 7) is 3.63. The highest BCUT2D eigenvalue weighted by molar-refractivity contribution is 6.00. The van der Waals surface area contributed by atoms with Crippen molar-refractivity contribution in [1.82, 2.24) is 15.1 Å². The number of nitrogen functional groups attached to an aromatic ring is 1. The summed E-state index contributed by atoms with van der Waals surface area (Å²) in [6, 6.07) is -0.706. The van der Waals surface area contributed by atoms with E-state index in [2.05, 4.69) is 15.2 Å². The second kappa shape index (κ2) is 5.52. The fourth-order valence-electron chi connectivity index (χ4n) is 1.47. The third-order valence-corrected chi connectivity index (χ3v) is 2.64. The number of aryl methyl sites for hydroxylation is 1. The molecule has 1 amide bonds. The Morgan fingerprint density at radius 3 is 2.50 bits per heavy atom. The summed E-state index contributed by atoms with van der Waals surface area (Å²) < 4.78 is 6.03. The van der Waals surface area contributed by atoms with Crippen LogP contribution in [-0.4, -0.2) is 34.8 Å². The van der Waals surface area contributed by atoms with E-state index >= 15 is 0 Å². The molecule has 0 aliphatic rings. The van der Waals surface area contributed by atoms with E-state index in [9.17, 15) is 9.59 Å². The quantitative estimate of drug-likeness (QED) is 0.733. The fourth-order valence-corrected chi connectivity index (χ4v) is 1.47. The Bertz CT molecular complexity index is 453. The summed E-state index contributed by atoms with van der Waals surface area (Å²) in [4.78, 5) is 23.5. The minimum atomic E-state index is -0.706.